The van der Waals surface area contributed by atoms with Crippen molar-refractivity contribution in [2.45, 2.75) is 12.1 Å². The first-order chi connectivity index (χ1) is 15.9. The molecule has 0 aliphatic rings. The van der Waals surface area contributed by atoms with Gasteiger partial charge in [0, 0.05) is 9.50 Å². The lowest BCUT2D eigenvalue weighted by Crippen LogP contribution is -2.24. The second kappa shape index (κ2) is 10.3. The maximum absolute atomic E-state index is 13.2. The molecule has 1 heterocycles. The summed E-state index contributed by atoms with van der Waals surface area (Å²) in [6.07, 6.45) is 0. The lowest BCUT2D eigenvalue weighted by atomic mass is 10.1. The molecule has 0 aliphatic carbocycles. The van der Waals surface area contributed by atoms with E-state index >= 15 is 0 Å². The number of rotatable bonds is 6. The highest BCUT2D eigenvalue weighted by Gasteiger charge is 2.15. The summed E-state index contributed by atoms with van der Waals surface area (Å²) in [5, 5.41) is 5.65. The molecule has 6 nitrogen and oxygen atoms in total. The number of halogens is 2. The Kier molecular flexibility index (Phi) is 7.27. The van der Waals surface area contributed by atoms with Gasteiger partial charge in [0.15, 0.2) is 5.16 Å². The molecule has 0 radical (unpaired) electrons. The number of aromatic nitrogens is 2. The average Bonchev–Trinajstić information content (AvgIpc) is 2.82. The van der Waals surface area contributed by atoms with E-state index in [1.807, 2.05) is 37.3 Å². The molecule has 0 aliphatic heterocycles. The molecular formula is C24H18BrClN4O2S. The Bertz CT molecular complexity index is 1400. The molecule has 1 N–H and O–H groups in total. The van der Waals surface area contributed by atoms with E-state index < -0.39 is 0 Å². The number of benzene rings is 3. The predicted octanol–water partition coefficient (Wildman–Crippen LogP) is 5.43. The number of amides is 1. The highest BCUT2D eigenvalue weighted by atomic mass is 79.9. The van der Waals surface area contributed by atoms with Crippen molar-refractivity contribution in [1.29, 1.82) is 0 Å². The minimum absolute atomic E-state index is 0.0372. The van der Waals surface area contributed by atoms with Crippen LogP contribution in [0, 0.1) is 0 Å². The molecule has 1 amide bonds. The zero-order chi connectivity index (χ0) is 23.4. The Morgan fingerprint density at radius 1 is 1.09 bits per heavy atom. The fourth-order valence-corrected chi connectivity index (χ4v) is 4.29. The van der Waals surface area contributed by atoms with Gasteiger partial charge in [-0.05, 0) is 61.0 Å². The van der Waals surface area contributed by atoms with Crippen molar-refractivity contribution < 1.29 is 4.79 Å². The zero-order valence-electron chi connectivity index (χ0n) is 17.5. The first-order valence-corrected chi connectivity index (χ1v) is 12.1. The normalized spacial score (nSPS) is 11.5. The highest BCUT2D eigenvalue weighted by molar-refractivity contribution is 9.10. The highest BCUT2D eigenvalue weighted by Crippen LogP contribution is 2.22. The molecule has 4 aromatic rings. The van der Waals surface area contributed by atoms with Crippen molar-refractivity contribution in [2.75, 3.05) is 5.75 Å². The van der Waals surface area contributed by atoms with Gasteiger partial charge in [0.05, 0.1) is 28.1 Å². The fourth-order valence-electron chi connectivity index (χ4n) is 3.09. The van der Waals surface area contributed by atoms with Crippen LogP contribution in [-0.2, 0) is 4.79 Å². The van der Waals surface area contributed by atoms with Crippen molar-refractivity contribution in [3.05, 3.63) is 98.2 Å². The number of carbonyl (C=O) groups excluding carboxylic acids is 1. The van der Waals surface area contributed by atoms with Gasteiger partial charge in [-0.15, -0.1) is 0 Å². The van der Waals surface area contributed by atoms with Crippen LogP contribution in [0.5, 0.6) is 0 Å². The lowest BCUT2D eigenvalue weighted by molar-refractivity contribution is -0.118. The van der Waals surface area contributed by atoms with Crippen LogP contribution in [0.15, 0.2) is 92.3 Å². The van der Waals surface area contributed by atoms with Crippen molar-refractivity contribution in [3.8, 4) is 5.69 Å². The Balaban J connectivity index is 1.57. The third kappa shape index (κ3) is 5.52. The topological polar surface area (TPSA) is 76.3 Å². The summed E-state index contributed by atoms with van der Waals surface area (Å²) in [6, 6.07) is 21.7. The number of hydrogen-bond donors (Lipinski definition) is 1. The predicted molar refractivity (Wildman–Crippen MR) is 138 cm³/mol. The van der Waals surface area contributed by atoms with Crippen molar-refractivity contribution >= 4 is 61.8 Å². The van der Waals surface area contributed by atoms with Gasteiger partial charge in [-0.2, -0.15) is 5.10 Å². The summed E-state index contributed by atoms with van der Waals surface area (Å²) >= 11 is 10.6. The molecule has 0 atom stereocenters. The third-order valence-corrected chi connectivity index (χ3v) is 6.49. The van der Waals surface area contributed by atoms with Gasteiger partial charge in [0.2, 0.25) is 0 Å². The number of carbonyl (C=O) groups is 1. The Morgan fingerprint density at radius 2 is 1.79 bits per heavy atom. The number of hydrazone groups is 1. The number of thioether (sulfide) groups is 1. The summed E-state index contributed by atoms with van der Waals surface area (Å²) in [5.74, 6) is -0.267. The van der Waals surface area contributed by atoms with Crippen molar-refractivity contribution in [2.24, 2.45) is 5.10 Å². The molecule has 9 heteroatoms. The van der Waals surface area contributed by atoms with Gasteiger partial charge in [0.25, 0.3) is 11.5 Å². The Morgan fingerprint density at radius 3 is 2.52 bits per heavy atom. The second-order valence-electron chi connectivity index (χ2n) is 7.06. The number of fused-ring (bicyclic) bond motifs is 1. The smallest absolute Gasteiger partial charge is 0.266 e. The molecule has 4 rings (SSSR count). The van der Waals surface area contributed by atoms with E-state index in [0.29, 0.717) is 32.5 Å². The summed E-state index contributed by atoms with van der Waals surface area (Å²) in [4.78, 5) is 30.3. The van der Waals surface area contributed by atoms with E-state index in [1.165, 1.54) is 4.57 Å². The standard InChI is InChI=1S/C24H18BrClN4O2S/c1-15(16-6-8-17(25)9-7-16)28-29-22(31)14-33-24-27-21-5-3-2-4-20(21)23(32)30(24)19-12-10-18(26)11-13-19/h2-13H,14H2,1H3,(H,29,31). The molecule has 33 heavy (non-hydrogen) atoms. The number of hydrogen-bond acceptors (Lipinski definition) is 5. The van der Waals surface area contributed by atoms with Crippen LogP contribution in [0.1, 0.15) is 12.5 Å². The van der Waals surface area contributed by atoms with Crippen LogP contribution in [0.2, 0.25) is 5.02 Å². The van der Waals surface area contributed by atoms with E-state index in [2.05, 4.69) is 31.4 Å². The maximum Gasteiger partial charge on any atom is 0.266 e. The van der Waals surface area contributed by atoms with Crippen LogP contribution in [0.3, 0.4) is 0 Å². The van der Waals surface area contributed by atoms with E-state index in [1.54, 1.807) is 42.5 Å². The lowest BCUT2D eigenvalue weighted by Gasteiger charge is -2.13. The molecule has 0 saturated heterocycles. The molecule has 3 aromatic carbocycles. The van der Waals surface area contributed by atoms with Crippen LogP contribution in [0.4, 0.5) is 0 Å². The quantitative estimate of drug-likeness (QED) is 0.153. The van der Waals surface area contributed by atoms with Crippen molar-refractivity contribution in [1.82, 2.24) is 15.0 Å². The molecule has 1 aromatic heterocycles. The molecule has 0 unspecified atom stereocenters. The van der Waals surface area contributed by atoms with Crippen molar-refractivity contribution in [3.63, 3.8) is 0 Å². The number of para-hydroxylation sites is 1. The Labute approximate surface area is 207 Å². The van der Waals surface area contributed by atoms with Gasteiger partial charge < -0.3 is 0 Å². The number of nitrogens with one attached hydrogen (secondary N) is 1. The first-order valence-electron chi connectivity index (χ1n) is 9.92. The van der Waals surface area contributed by atoms with E-state index in [0.717, 1.165) is 21.8 Å². The van der Waals surface area contributed by atoms with Crippen LogP contribution in [0.25, 0.3) is 16.6 Å². The molecule has 0 fully saturated rings. The Hall–Kier alpha value is -2.94. The summed E-state index contributed by atoms with van der Waals surface area (Å²) in [5.41, 5.74) is 5.13. The third-order valence-electron chi connectivity index (χ3n) is 4.77. The average molecular weight is 542 g/mol. The molecular weight excluding hydrogens is 524 g/mol. The minimum atomic E-state index is -0.304. The monoisotopic (exact) mass is 540 g/mol. The van der Waals surface area contributed by atoms with Gasteiger partial charge >= 0.3 is 0 Å². The fraction of sp³-hybridized carbons (Fsp3) is 0.0833. The molecule has 0 saturated carbocycles. The van der Waals surface area contributed by atoms with Gasteiger partial charge in [-0.25, -0.2) is 10.4 Å². The minimum Gasteiger partial charge on any atom is -0.272 e. The van der Waals surface area contributed by atoms with Gasteiger partial charge in [-0.1, -0.05) is 63.6 Å². The zero-order valence-corrected chi connectivity index (χ0v) is 20.6. The van der Waals surface area contributed by atoms with Crippen LogP contribution >= 0.6 is 39.3 Å². The van der Waals surface area contributed by atoms with E-state index in [9.17, 15) is 9.59 Å². The first kappa shape index (κ1) is 23.2. The van der Waals surface area contributed by atoms with Gasteiger partial charge in [0.1, 0.15) is 0 Å². The number of nitrogens with zero attached hydrogens (tertiary/aromatic N) is 3. The summed E-state index contributed by atoms with van der Waals surface area (Å²) < 4.78 is 2.46. The van der Waals surface area contributed by atoms with E-state index in [-0.39, 0.29) is 17.2 Å². The second-order valence-corrected chi connectivity index (χ2v) is 9.35. The van der Waals surface area contributed by atoms with Crippen LogP contribution < -0.4 is 11.0 Å². The largest absolute Gasteiger partial charge is 0.272 e. The van der Waals surface area contributed by atoms with Crippen LogP contribution in [-0.4, -0.2) is 26.9 Å². The van der Waals surface area contributed by atoms with E-state index in [4.69, 9.17) is 11.6 Å². The summed E-state index contributed by atoms with van der Waals surface area (Å²) in [7, 11) is 0. The summed E-state index contributed by atoms with van der Waals surface area (Å²) in [6.45, 7) is 1.82. The molecule has 0 spiro atoms. The SMILES string of the molecule is CC(=NNC(=O)CSc1nc2ccccc2c(=O)n1-c1ccc(Cl)cc1)c1ccc(Br)cc1. The maximum atomic E-state index is 13.2. The van der Waals surface area contributed by atoms with Gasteiger partial charge in [-0.3, -0.25) is 14.2 Å². The molecule has 0 bridgehead atoms. The molecule has 166 valence electrons.